The van der Waals surface area contributed by atoms with Crippen molar-refractivity contribution in [2.24, 2.45) is 0 Å². The number of nitrogens with zero attached hydrogens (tertiary/aromatic N) is 3. The monoisotopic (exact) mass is 1580 g/mol. The fraction of sp³-hybridized carbons (Fsp3) is 0.280. The molecule has 0 N–H and O–H groups in total. The Morgan fingerprint density at radius 3 is 0.819 bits per heavy atom. The zero-order chi connectivity index (χ0) is 74.6. The molecular formula is C75H89N3O17Si10. The summed E-state index contributed by atoms with van der Waals surface area (Å²) in [6, 6.07) is 68.5. The lowest BCUT2D eigenvalue weighted by atomic mass is 10.2. The minimum atomic E-state index is -5.28. The summed E-state index contributed by atoms with van der Waals surface area (Å²) in [6.45, 7) is 23.0. The van der Waals surface area contributed by atoms with Crippen LogP contribution in [0.4, 0.5) is 0 Å². The summed E-state index contributed by atoms with van der Waals surface area (Å²) < 4.78 is 96.0. The number of carbonyl (C=O) groups excluding carboxylic acids is 6. The molecule has 6 aliphatic rings. The van der Waals surface area contributed by atoms with Crippen LogP contribution in [0.3, 0.4) is 0 Å². The van der Waals surface area contributed by atoms with Crippen molar-refractivity contribution >= 4 is 157 Å². The van der Waals surface area contributed by atoms with Crippen molar-refractivity contribution in [3.05, 3.63) is 246 Å². The van der Waals surface area contributed by atoms with Gasteiger partial charge in [-0.3, -0.25) is 43.5 Å². The van der Waals surface area contributed by atoms with Gasteiger partial charge in [0.25, 0.3) is 35.4 Å². The Bertz CT molecular complexity index is 4530. The first kappa shape index (κ1) is 76.1. The summed E-state index contributed by atoms with van der Waals surface area (Å²) in [4.78, 5) is 86.9. The highest BCUT2D eigenvalue weighted by atomic mass is 29.3. The van der Waals surface area contributed by atoms with Gasteiger partial charge in [0.2, 0.25) is 0 Å². The van der Waals surface area contributed by atoms with Gasteiger partial charge >= 0.3 is 60.2 Å². The molecule has 3 fully saturated rings. The molecular weight excluding hydrogens is 1500 g/mol. The lowest BCUT2D eigenvalue weighted by Gasteiger charge is -2.55. The topological polar surface area (TPSA) is 214 Å². The van der Waals surface area contributed by atoms with Crippen molar-refractivity contribution in [1.82, 2.24) is 14.7 Å². The molecule has 7 aromatic rings. The minimum Gasteiger partial charge on any atom is -0.432 e. The smallest absolute Gasteiger partial charge is 0.432 e. The molecule has 0 saturated carbocycles. The van der Waals surface area contributed by atoms with Crippen molar-refractivity contribution in [3.63, 3.8) is 0 Å². The third kappa shape index (κ3) is 14.3. The van der Waals surface area contributed by atoms with Gasteiger partial charge in [0.15, 0.2) is 25.0 Å². The molecule has 30 heteroatoms. The van der Waals surface area contributed by atoms with E-state index >= 15 is 0 Å². The molecule has 3 saturated heterocycles. The summed E-state index contributed by atoms with van der Waals surface area (Å²) in [5.41, 5.74) is 2.45. The number of hydrogen-bond donors (Lipinski definition) is 0. The Labute approximate surface area is 625 Å². The van der Waals surface area contributed by atoms with Crippen LogP contribution in [-0.2, 0) is 74.0 Å². The normalized spacial score (nSPS) is 26.8. The maximum absolute atomic E-state index is 13.9. The van der Waals surface area contributed by atoms with Crippen molar-refractivity contribution in [3.8, 4) is 0 Å². The number of carbonyl (C=O) groups is 6. The first-order valence-corrected chi connectivity index (χ1v) is 58.3. The number of amides is 6. The van der Waals surface area contributed by atoms with E-state index in [0.29, 0.717) is 107 Å². The van der Waals surface area contributed by atoms with Crippen LogP contribution in [0.15, 0.2) is 246 Å². The Morgan fingerprint density at radius 2 is 0.514 bits per heavy atom. The van der Waals surface area contributed by atoms with Gasteiger partial charge in [0.1, 0.15) is 0 Å². The van der Waals surface area contributed by atoms with E-state index in [0.717, 1.165) is 0 Å². The predicted molar refractivity (Wildman–Crippen MR) is 421 cm³/mol. The average Bonchev–Trinajstić information content (AvgIpc) is 1.57. The van der Waals surface area contributed by atoms with Crippen LogP contribution in [0, 0.1) is 0 Å². The highest BCUT2D eigenvalue weighted by Crippen LogP contribution is 2.48. The molecule has 20 nitrogen and oxygen atoms in total. The molecule has 4 bridgehead atoms. The second-order valence-corrected chi connectivity index (χ2v) is 66.4. The highest BCUT2D eigenvalue weighted by molar-refractivity contribution is 7.47. The quantitative estimate of drug-likeness (QED) is 0.0390. The van der Waals surface area contributed by atoms with Gasteiger partial charge in [-0.25, -0.2) is 0 Å². The standard InChI is InChI=1S/C75H89N3O17Si10/c1-57-58(2)71(80)76(70(57)79)51-34-54-96(7,8)85-99(63-37-20-13-21-38-63)88-101(65-41-24-15-25-42-65)90-100(64-39-22-14-23-40-64,86-97(9,10)55-35-52-77-72(81)59(3)60(4)73(77)82)93-105(69-49-32-19-33-50-69)95-103(91-101,67-45-28-17-29-46-67)92-102(89-99,66-43-26-16-27-44-66)94-104(105,68-47-30-18-31-48-68)87-98(11,12)56-36-53-78-74(83)61(5)62(6)75(78)84/h13-33,37-50H,34-36,51-56H2,1-12H3. The van der Waals surface area contributed by atoms with Crippen LogP contribution in [0.5, 0.6) is 0 Å². The lowest BCUT2D eigenvalue weighted by Crippen LogP contribution is -2.90. The zero-order valence-corrected chi connectivity index (χ0v) is 71.4. The van der Waals surface area contributed by atoms with Crippen LogP contribution in [0.1, 0.15) is 60.8 Å². The molecule has 0 aliphatic carbocycles. The molecule has 7 atom stereocenters. The molecule has 0 radical (unpaired) electrons. The first-order chi connectivity index (χ1) is 50.0. The van der Waals surface area contributed by atoms with Gasteiger partial charge in [0, 0.05) is 79.0 Å². The molecule has 6 heterocycles. The van der Waals surface area contributed by atoms with Crippen LogP contribution >= 0.6 is 0 Å². The van der Waals surface area contributed by atoms with E-state index in [1.165, 1.54) is 14.7 Å². The maximum Gasteiger partial charge on any atom is 0.515 e. The highest BCUT2D eigenvalue weighted by Gasteiger charge is 2.86. The fourth-order valence-electron chi connectivity index (χ4n) is 14.4. The van der Waals surface area contributed by atoms with Crippen molar-refractivity contribution in [1.29, 1.82) is 0 Å². The second kappa shape index (κ2) is 29.5. The Balaban J connectivity index is 1.15. The van der Waals surface area contributed by atoms with Crippen molar-refractivity contribution in [2.75, 3.05) is 19.6 Å². The SMILES string of the molecule is CC1=C(C)C(=O)N(CCC[Si](C)(C)O[Si]2(c3ccccc3)O[Si]3(c4ccccc4)O[Si](O[Si](C)(C)CCCN4C(=O)C(C)=C(C)C4=O)(c4ccccc4)O[Si]4(c5ccccc5)O[Si](c5ccccc5)(O3)O[Si](c3ccccc3)(O2)O[Si]4(O[Si](C)(C)CCCN2C(=O)C(C)=C(C)C2=O)c2ccccc2)C1=O. The van der Waals surface area contributed by atoms with E-state index in [9.17, 15) is 28.8 Å². The van der Waals surface area contributed by atoms with Gasteiger partial charge in [-0.2, -0.15) is 0 Å². The fourth-order valence-corrected chi connectivity index (χ4v) is 78.8. The minimum absolute atomic E-state index is 0.113. The molecule has 0 spiro atoms. The molecule has 13 rings (SSSR count). The van der Waals surface area contributed by atoms with E-state index in [2.05, 4.69) is 39.3 Å². The molecule has 0 aromatic heterocycles. The van der Waals surface area contributed by atoms with E-state index in [-0.39, 0.29) is 55.1 Å². The number of imide groups is 3. The molecule has 6 aliphatic heterocycles. The van der Waals surface area contributed by atoms with Crippen molar-refractivity contribution < 1.29 is 74.0 Å². The van der Waals surface area contributed by atoms with Gasteiger partial charge in [-0.15, -0.1) is 0 Å². The predicted octanol–water partition coefficient (Wildman–Crippen LogP) is 8.12. The van der Waals surface area contributed by atoms with E-state index in [4.69, 9.17) is 45.3 Å². The number of hydrogen-bond acceptors (Lipinski definition) is 17. The lowest BCUT2D eigenvalue weighted by molar-refractivity contribution is -0.139. The third-order valence-electron chi connectivity index (χ3n) is 20.4. The number of benzene rings is 7. The summed E-state index contributed by atoms with van der Waals surface area (Å²) >= 11 is 0. The van der Waals surface area contributed by atoms with E-state index in [1.54, 1.807) is 41.5 Å². The molecule has 6 amide bonds. The van der Waals surface area contributed by atoms with Gasteiger partial charge < -0.3 is 45.3 Å². The van der Waals surface area contributed by atoms with Crippen LogP contribution in [-0.4, -0.2) is 155 Å². The summed E-state index contributed by atoms with van der Waals surface area (Å²) in [5, 5.41) is 3.54. The summed E-state index contributed by atoms with van der Waals surface area (Å²) in [6.07, 6.45) is 1.06. The van der Waals surface area contributed by atoms with Crippen molar-refractivity contribution in [2.45, 2.75) is 118 Å². The van der Waals surface area contributed by atoms with Crippen LogP contribution in [0.25, 0.3) is 0 Å². The van der Waals surface area contributed by atoms with Crippen LogP contribution < -0.4 is 36.3 Å². The average molecular weight is 1590 g/mol. The Morgan fingerprint density at radius 1 is 0.276 bits per heavy atom. The number of fused-ring (bicyclic) bond motifs is 3. The molecule has 105 heavy (non-hydrogen) atoms. The van der Waals surface area contributed by atoms with Gasteiger partial charge in [-0.05, 0) is 129 Å². The summed E-state index contributed by atoms with van der Waals surface area (Å²) in [7, 11) is -46.9. The molecule has 546 valence electrons. The van der Waals surface area contributed by atoms with Crippen LogP contribution in [0.2, 0.25) is 57.4 Å². The molecule has 7 unspecified atom stereocenters. The first-order valence-electron chi connectivity index (χ1n) is 35.7. The Kier molecular flexibility index (Phi) is 21.4. The Hall–Kier alpha value is -7.09. The number of rotatable bonds is 25. The van der Waals surface area contributed by atoms with E-state index < -0.39 is 85.1 Å². The second-order valence-electron chi connectivity index (χ2n) is 29.3. The zero-order valence-electron chi connectivity index (χ0n) is 61.4. The third-order valence-corrected chi connectivity index (χ3v) is 68.7. The van der Waals surface area contributed by atoms with E-state index in [1.807, 2.05) is 212 Å². The van der Waals surface area contributed by atoms with Gasteiger partial charge in [-0.1, -0.05) is 212 Å². The maximum atomic E-state index is 13.9. The summed E-state index contributed by atoms with van der Waals surface area (Å²) in [5.74, 6) is -2.01. The van der Waals surface area contributed by atoms with Gasteiger partial charge in [0.05, 0.1) is 0 Å². The molecule has 7 aromatic carbocycles. The largest absolute Gasteiger partial charge is 0.515 e.